The third-order valence-electron chi connectivity index (χ3n) is 5.11. The molecule has 0 unspecified atom stereocenters. The molecule has 0 saturated carbocycles. The normalized spacial score (nSPS) is 11.8. The number of hydrogen-bond acceptors (Lipinski definition) is 4. The van der Waals surface area contributed by atoms with E-state index >= 15 is 0 Å². The lowest BCUT2D eigenvalue weighted by Crippen LogP contribution is -2.17. The van der Waals surface area contributed by atoms with Crippen molar-refractivity contribution in [2.24, 2.45) is 7.05 Å². The molecule has 0 atom stereocenters. The van der Waals surface area contributed by atoms with Crippen molar-refractivity contribution in [3.63, 3.8) is 0 Å². The SMILES string of the molecule is Cc1cc(F)c(Oc2ccc(C(C)(C)O)cc2-c2cn(C)c(=O)c3ccsc23)c(F)c1. The number of ether oxygens (including phenoxy) is 1. The number of hydrogen-bond donors (Lipinski definition) is 1. The molecule has 160 valence electrons. The fourth-order valence-electron chi connectivity index (χ4n) is 3.48. The van der Waals surface area contributed by atoms with Gasteiger partial charge in [-0.3, -0.25) is 4.79 Å². The maximum Gasteiger partial charge on any atom is 0.259 e. The highest BCUT2D eigenvalue weighted by Crippen LogP contribution is 2.41. The quantitative estimate of drug-likeness (QED) is 0.431. The van der Waals surface area contributed by atoms with Gasteiger partial charge in [0.25, 0.3) is 5.56 Å². The predicted octanol–water partition coefficient (Wildman–Crippen LogP) is 5.87. The highest BCUT2D eigenvalue weighted by atomic mass is 32.1. The molecular formula is C24H21F2NO3S. The lowest BCUT2D eigenvalue weighted by atomic mass is 9.94. The number of aliphatic hydroxyl groups is 1. The topological polar surface area (TPSA) is 51.5 Å². The van der Waals surface area contributed by atoms with E-state index in [2.05, 4.69) is 0 Å². The summed E-state index contributed by atoms with van der Waals surface area (Å²) in [6.07, 6.45) is 1.67. The van der Waals surface area contributed by atoms with Gasteiger partial charge in [-0.15, -0.1) is 11.3 Å². The summed E-state index contributed by atoms with van der Waals surface area (Å²) in [6, 6.07) is 9.09. The number of aromatic nitrogens is 1. The highest BCUT2D eigenvalue weighted by molar-refractivity contribution is 7.17. The summed E-state index contributed by atoms with van der Waals surface area (Å²) in [5.41, 5.74) is 0.930. The summed E-state index contributed by atoms with van der Waals surface area (Å²) >= 11 is 1.39. The average molecular weight is 441 g/mol. The summed E-state index contributed by atoms with van der Waals surface area (Å²) in [7, 11) is 1.64. The number of pyridine rings is 1. The Labute approximate surface area is 182 Å². The first-order valence-corrected chi connectivity index (χ1v) is 10.5. The zero-order valence-corrected chi connectivity index (χ0v) is 18.3. The van der Waals surface area contributed by atoms with Gasteiger partial charge < -0.3 is 14.4 Å². The van der Waals surface area contributed by atoms with Crippen LogP contribution < -0.4 is 10.3 Å². The molecule has 0 fully saturated rings. The van der Waals surface area contributed by atoms with Gasteiger partial charge in [-0.1, -0.05) is 6.07 Å². The van der Waals surface area contributed by atoms with E-state index in [1.54, 1.807) is 58.3 Å². The molecule has 31 heavy (non-hydrogen) atoms. The van der Waals surface area contributed by atoms with Crippen molar-refractivity contribution >= 4 is 21.4 Å². The summed E-state index contributed by atoms with van der Waals surface area (Å²) in [5.74, 6) is -1.91. The maximum absolute atomic E-state index is 14.5. The molecule has 4 nitrogen and oxygen atoms in total. The Morgan fingerprint density at radius 2 is 1.74 bits per heavy atom. The second-order valence-electron chi connectivity index (χ2n) is 8.05. The molecule has 0 bridgehead atoms. The zero-order chi connectivity index (χ0) is 22.5. The molecule has 0 spiro atoms. The van der Waals surface area contributed by atoms with Crippen molar-refractivity contribution in [3.05, 3.63) is 81.1 Å². The van der Waals surface area contributed by atoms with Gasteiger partial charge in [0.05, 0.1) is 11.0 Å². The molecule has 1 N–H and O–H groups in total. The predicted molar refractivity (Wildman–Crippen MR) is 119 cm³/mol. The van der Waals surface area contributed by atoms with Crippen molar-refractivity contribution in [2.75, 3.05) is 0 Å². The first kappa shape index (κ1) is 21.2. The minimum Gasteiger partial charge on any atom is -0.451 e. The van der Waals surface area contributed by atoms with Crippen LogP contribution in [0.25, 0.3) is 21.2 Å². The van der Waals surface area contributed by atoms with Crippen LogP contribution in [0, 0.1) is 18.6 Å². The largest absolute Gasteiger partial charge is 0.451 e. The third kappa shape index (κ3) is 3.86. The number of benzene rings is 2. The lowest BCUT2D eigenvalue weighted by molar-refractivity contribution is 0.0786. The number of thiophene rings is 1. The monoisotopic (exact) mass is 441 g/mol. The molecule has 2 aromatic carbocycles. The van der Waals surface area contributed by atoms with Crippen LogP contribution in [-0.4, -0.2) is 9.67 Å². The summed E-state index contributed by atoms with van der Waals surface area (Å²) in [6.45, 7) is 4.89. The van der Waals surface area contributed by atoms with Crippen LogP contribution in [0.4, 0.5) is 8.78 Å². The van der Waals surface area contributed by atoms with Gasteiger partial charge in [-0.2, -0.15) is 0 Å². The fourth-order valence-corrected chi connectivity index (χ4v) is 4.40. The second kappa shape index (κ2) is 7.59. The van der Waals surface area contributed by atoms with Gasteiger partial charge in [-0.05, 0) is 67.6 Å². The first-order chi connectivity index (χ1) is 14.6. The first-order valence-electron chi connectivity index (χ1n) is 9.64. The van der Waals surface area contributed by atoms with Crippen LogP contribution in [0.5, 0.6) is 11.5 Å². The van der Waals surface area contributed by atoms with E-state index in [0.717, 1.165) is 4.70 Å². The molecule has 4 rings (SSSR count). The van der Waals surface area contributed by atoms with Crippen molar-refractivity contribution in [1.82, 2.24) is 4.57 Å². The van der Waals surface area contributed by atoms with Crippen LogP contribution >= 0.6 is 11.3 Å². The fraction of sp³-hybridized carbons (Fsp3) is 0.208. The van der Waals surface area contributed by atoms with Crippen LogP contribution in [0.1, 0.15) is 25.0 Å². The van der Waals surface area contributed by atoms with Crippen molar-refractivity contribution in [3.8, 4) is 22.6 Å². The van der Waals surface area contributed by atoms with E-state index < -0.39 is 23.0 Å². The van der Waals surface area contributed by atoms with Crippen molar-refractivity contribution in [1.29, 1.82) is 0 Å². The molecule has 0 saturated heterocycles. The Morgan fingerprint density at radius 3 is 2.39 bits per heavy atom. The Bertz CT molecular complexity index is 1340. The number of rotatable bonds is 4. The Morgan fingerprint density at radius 1 is 1.06 bits per heavy atom. The summed E-state index contributed by atoms with van der Waals surface area (Å²) < 4.78 is 36.9. The third-order valence-corrected chi connectivity index (χ3v) is 6.06. The Hall–Kier alpha value is -3.03. The highest BCUT2D eigenvalue weighted by Gasteiger charge is 2.22. The molecule has 2 aromatic heterocycles. The number of fused-ring (bicyclic) bond motifs is 1. The van der Waals surface area contributed by atoms with Gasteiger partial charge in [0.15, 0.2) is 17.4 Å². The molecule has 0 aliphatic carbocycles. The molecular weight excluding hydrogens is 420 g/mol. The zero-order valence-electron chi connectivity index (χ0n) is 17.5. The summed E-state index contributed by atoms with van der Waals surface area (Å²) in [4.78, 5) is 12.5. The second-order valence-corrected chi connectivity index (χ2v) is 8.97. The van der Waals surface area contributed by atoms with E-state index in [-0.39, 0.29) is 11.3 Å². The van der Waals surface area contributed by atoms with Gasteiger partial charge >= 0.3 is 0 Å². The number of nitrogens with zero attached hydrogens (tertiary/aromatic N) is 1. The number of halogens is 2. The van der Waals surface area contributed by atoms with E-state index in [0.29, 0.717) is 27.6 Å². The van der Waals surface area contributed by atoms with Crippen LogP contribution in [-0.2, 0) is 12.6 Å². The van der Waals surface area contributed by atoms with Crippen LogP contribution in [0.3, 0.4) is 0 Å². The van der Waals surface area contributed by atoms with Gasteiger partial charge in [0.2, 0.25) is 0 Å². The molecule has 7 heteroatoms. The van der Waals surface area contributed by atoms with E-state index in [4.69, 9.17) is 4.74 Å². The average Bonchev–Trinajstić information content (AvgIpc) is 3.17. The van der Waals surface area contributed by atoms with Crippen LogP contribution in [0.2, 0.25) is 0 Å². The molecule has 2 heterocycles. The van der Waals surface area contributed by atoms with Gasteiger partial charge in [0, 0.05) is 29.1 Å². The van der Waals surface area contributed by atoms with Gasteiger partial charge in [-0.25, -0.2) is 8.78 Å². The molecule has 0 aliphatic heterocycles. The molecule has 4 aromatic rings. The standard InChI is InChI=1S/C24H21F2NO3S/c1-13-9-18(25)21(19(26)10-13)30-20-6-5-14(24(2,3)29)11-16(20)17-12-27(4)23(28)15-7-8-31-22(15)17/h5-12,29H,1-4H3. The van der Waals surface area contributed by atoms with Crippen molar-refractivity contribution < 1.29 is 18.6 Å². The Kier molecular flexibility index (Phi) is 5.19. The Balaban J connectivity index is 1.98. The lowest BCUT2D eigenvalue weighted by Gasteiger charge is -2.21. The van der Waals surface area contributed by atoms with Gasteiger partial charge in [0.1, 0.15) is 5.75 Å². The summed E-state index contributed by atoms with van der Waals surface area (Å²) in [5, 5.41) is 12.9. The van der Waals surface area contributed by atoms with E-state index in [1.807, 2.05) is 5.38 Å². The molecule has 0 amide bonds. The smallest absolute Gasteiger partial charge is 0.259 e. The maximum atomic E-state index is 14.5. The van der Waals surface area contributed by atoms with E-state index in [1.165, 1.54) is 28.0 Å². The number of aryl methyl sites for hydroxylation is 2. The molecule has 0 aliphatic rings. The van der Waals surface area contributed by atoms with E-state index in [9.17, 15) is 18.7 Å². The molecule has 0 radical (unpaired) electrons. The minimum atomic E-state index is -1.15. The van der Waals surface area contributed by atoms with Crippen molar-refractivity contribution in [2.45, 2.75) is 26.4 Å². The van der Waals surface area contributed by atoms with Crippen LogP contribution in [0.15, 0.2) is 52.8 Å². The minimum absolute atomic E-state index is 0.142.